The molecule has 1 fully saturated rings. The fourth-order valence-electron chi connectivity index (χ4n) is 2.15. The molecular weight excluding hydrogens is 371 g/mol. The molecular formula is C14H17IN2O3. The number of piperidine rings is 1. The van der Waals surface area contributed by atoms with E-state index in [1.54, 1.807) is 11.8 Å². The number of carbonyl (C=O) groups excluding carboxylic acids is 1. The molecule has 1 aliphatic rings. The highest BCUT2D eigenvalue weighted by Crippen LogP contribution is 2.31. The van der Waals surface area contributed by atoms with Crippen LogP contribution in [0, 0.1) is 8.99 Å². The number of carboxylic acids is 1. The van der Waals surface area contributed by atoms with Crippen LogP contribution in [0.3, 0.4) is 0 Å². The fraction of sp³-hybridized carbons (Fsp3) is 0.429. The predicted molar refractivity (Wildman–Crippen MR) is 84.7 cm³/mol. The molecule has 0 aromatic heterocycles. The van der Waals surface area contributed by atoms with Crippen molar-refractivity contribution in [1.29, 1.82) is 0 Å². The molecule has 1 aliphatic heterocycles. The van der Waals surface area contributed by atoms with Crippen LogP contribution in [-0.4, -0.2) is 35.1 Å². The van der Waals surface area contributed by atoms with Gasteiger partial charge in [0.15, 0.2) is 0 Å². The third-order valence-corrected chi connectivity index (χ3v) is 4.49. The highest BCUT2D eigenvalue weighted by Gasteiger charge is 2.37. The van der Waals surface area contributed by atoms with E-state index in [9.17, 15) is 9.59 Å². The first-order chi connectivity index (χ1) is 9.40. The van der Waals surface area contributed by atoms with Gasteiger partial charge in [0.2, 0.25) is 0 Å². The lowest BCUT2D eigenvalue weighted by Gasteiger charge is -2.36. The number of likely N-dealkylation sites (tertiary alicyclic amines) is 1. The Kier molecular flexibility index (Phi) is 4.52. The maximum Gasteiger partial charge on any atom is 0.321 e. The van der Waals surface area contributed by atoms with Crippen molar-refractivity contribution >= 4 is 40.3 Å². The Morgan fingerprint density at radius 3 is 2.30 bits per heavy atom. The van der Waals surface area contributed by atoms with Crippen molar-refractivity contribution in [2.45, 2.75) is 19.8 Å². The van der Waals surface area contributed by atoms with E-state index in [2.05, 4.69) is 27.9 Å². The Morgan fingerprint density at radius 2 is 1.80 bits per heavy atom. The molecule has 1 heterocycles. The van der Waals surface area contributed by atoms with Gasteiger partial charge in [0.25, 0.3) is 0 Å². The topological polar surface area (TPSA) is 69.6 Å². The van der Waals surface area contributed by atoms with Crippen molar-refractivity contribution in [3.8, 4) is 0 Å². The van der Waals surface area contributed by atoms with Crippen LogP contribution in [0.4, 0.5) is 10.5 Å². The summed E-state index contributed by atoms with van der Waals surface area (Å²) in [5.41, 5.74) is 0.0431. The minimum Gasteiger partial charge on any atom is -0.481 e. The monoisotopic (exact) mass is 388 g/mol. The van der Waals surface area contributed by atoms with E-state index in [0.29, 0.717) is 25.9 Å². The number of amides is 2. The minimum absolute atomic E-state index is 0.168. The zero-order valence-electron chi connectivity index (χ0n) is 11.2. The zero-order valence-corrected chi connectivity index (χ0v) is 13.4. The number of anilines is 1. The molecule has 5 nitrogen and oxygen atoms in total. The molecule has 6 heteroatoms. The van der Waals surface area contributed by atoms with E-state index >= 15 is 0 Å². The molecule has 0 atom stereocenters. The van der Waals surface area contributed by atoms with E-state index in [1.165, 1.54) is 0 Å². The van der Waals surface area contributed by atoms with Gasteiger partial charge in [0, 0.05) is 22.3 Å². The van der Waals surface area contributed by atoms with Crippen molar-refractivity contribution < 1.29 is 14.7 Å². The number of rotatable bonds is 2. The number of hydrogen-bond acceptors (Lipinski definition) is 2. The third-order valence-electron chi connectivity index (χ3n) is 3.77. The van der Waals surface area contributed by atoms with E-state index in [1.807, 2.05) is 24.3 Å². The van der Waals surface area contributed by atoms with Crippen molar-refractivity contribution in [2.75, 3.05) is 18.4 Å². The maximum absolute atomic E-state index is 12.1. The molecule has 2 N–H and O–H groups in total. The lowest BCUT2D eigenvalue weighted by Crippen LogP contribution is -2.46. The summed E-state index contributed by atoms with van der Waals surface area (Å²) in [5.74, 6) is -0.782. The summed E-state index contributed by atoms with van der Waals surface area (Å²) in [6.45, 7) is 2.68. The second-order valence-electron chi connectivity index (χ2n) is 5.29. The average molecular weight is 388 g/mol. The molecule has 0 spiro atoms. The molecule has 2 amide bonds. The normalized spacial score (nSPS) is 17.6. The van der Waals surface area contributed by atoms with Crippen molar-refractivity contribution in [3.05, 3.63) is 27.8 Å². The largest absolute Gasteiger partial charge is 0.481 e. The number of nitrogens with zero attached hydrogens (tertiary/aromatic N) is 1. The lowest BCUT2D eigenvalue weighted by molar-refractivity contribution is -0.150. The molecule has 0 bridgehead atoms. The van der Waals surface area contributed by atoms with Crippen LogP contribution in [0.1, 0.15) is 19.8 Å². The number of halogens is 1. The van der Waals surface area contributed by atoms with Crippen molar-refractivity contribution in [2.24, 2.45) is 5.41 Å². The highest BCUT2D eigenvalue weighted by molar-refractivity contribution is 14.1. The molecule has 2 rings (SSSR count). The first-order valence-electron chi connectivity index (χ1n) is 6.46. The Hall–Kier alpha value is -1.31. The number of nitrogens with one attached hydrogen (secondary N) is 1. The zero-order chi connectivity index (χ0) is 14.8. The summed E-state index contributed by atoms with van der Waals surface area (Å²) < 4.78 is 1.11. The van der Waals surface area contributed by atoms with Gasteiger partial charge in [-0.15, -0.1) is 0 Å². The van der Waals surface area contributed by atoms with E-state index in [0.717, 1.165) is 9.26 Å². The molecule has 1 aromatic carbocycles. The van der Waals surface area contributed by atoms with Crippen LogP contribution in [0.2, 0.25) is 0 Å². The van der Waals surface area contributed by atoms with Gasteiger partial charge in [-0.25, -0.2) is 4.79 Å². The number of urea groups is 1. The molecule has 0 radical (unpaired) electrons. The summed E-state index contributed by atoms with van der Waals surface area (Å²) in [5, 5.41) is 12.0. The molecule has 0 unspecified atom stereocenters. The molecule has 1 saturated heterocycles. The summed E-state index contributed by atoms with van der Waals surface area (Å²) in [6, 6.07) is 7.39. The second kappa shape index (κ2) is 5.99. The van der Waals surface area contributed by atoms with Crippen LogP contribution < -0.4 is 5.32 Å². The Balaban J connectivity index is 1.92. The summed E-state index contributed by atoms with van der Waals surface area (Å²) in [4.78, 5) is 24.9. The Labute approximate surface area is 131 Å². The Bertz CT molecular complexity index is 508. The minimum atomic E-state index is -0.782. The van der Waals surface area contributed by atoms with Gasteiger partial charge in [0.1, 0.15) is 0 Å². The van der Waals surface area contributed by atoms with E-state index < -0.39 is 11.4 Å². The van der Waals surface area contributed by atoms with Gasteiger partial charge < -0.3 is 15.3 Å². The number of carbonyl (C=O) groups is 2. The molecule has 20 heavy (non-hydrogen) atoms. The molecule has 108 valence electrons. The molecule has 1 aromatic rings. The molecule has 0 aliphatic carbocycles. The van der Waals surface area contributed by atoms with Gasteiger partial charge in [-0.2, -0.15) is 0 Å². The number of benzene rings is 1. The predicted octanol–water partition coefficient (Wildman–Crippen LogP) is 3.01. The smallest absolute Gasteiger partial charge is 0.321 e. The van der Waals surface area contributed by atoms with Gasteiger partial charge >= 0.3 is 12.0 Å². The lowest BCUT2D eigenvalue weighted by atomic mass is 9.80. The first-order valence-corrected chi connectivity index (χ1v) is 7.53. The number of aliphatic carboxylic acids is 1. The molecule has 0 saturated carbocycles. The van der Waals surface area contributed by atoms with E-state index in [-0.39, 0.29) is 6.03 Å². The van der Waals surface area contributed by atoms with Gasteiger partial charge in [-0.05, 0) is 66.6 Å². The standard InChI is InChI=1S/C14H17IN2O3/c1-14(12(18)19)6-8-17(9-7-14)13(20)16-11-4-2-10(15)3-5-11/h2-5H,6-9H2,1H3,(H,16,20)(H,18,19). The van der Waals surface area contributed by atoms with Crippen molar-refractivity contribution in [3.63, 3.8) is 0 Å². The van der Waals surface area contributed by atoms with Crippen LogP contribution in [0.15, 0.2) is 24.3 Å². The fourth-order valence-corrected chi connectivity index (χ4v) is 2.51. The summed E-state index contributed by atoms with van der Waals surface area (Å²) >= 11 is 2.20. The third kappa shape index (κ3) is 3.41. The van der Waals surface area contributed by atoms with E-state index in [4.69, 9.17) is 5.11 Å². The van der Waals surface area contributed by atoms with Crippen LogP contribution in [0.25, 0.3) is 0 Å². The maximum atomic E-state index is 12.1. The quantitative estimate of drug-likeness (QED) is 0.766. The van der Waals surface area contributed by atoms with Gasteiger partial charge in [-0.1, -0.05) is 0 Å². The van der Waals surface area contributed by atoms with Crippen LogP contribution >= 0.6 is 22.6 Å². The average Bonchev–Trinajstić information content (AvgIpc) is 2.42. The van der Waals surface area contributed by atoms with Crippen LogP contribution in [-0.2, 0) is 4.79 Å². The summed E-state index contributed by atoms with van der Waals surface area (Å²) in [6.07, 6.45) is 0.977. The Morgan fingerprint density at radius 1 is 1.25 bits per heavy atom. The van der Waals surface area contributed by atoms with Crippen molar-refractivity contribution in [1.82, 2.24) is 4.90 Å². The second-order valence-corrected chi connectivity index (χ2v) is 6.54. The first kappa shape index (κ1) is 15.1. The number of carboxylic acid groups (broad SMARTS) is 1. The van der Waals surface area contributed by atoms with Gasteiger partial charge in [-0.3, -0.25) is 4.79 Å². The SMILES string of the molecule is CC1(C(=O)O)CCN(C(=O)Nc2ccc(I)cc2)CC1. The van der Waals surface area contributed by atoms with Gasteiger partial charge in [0.05, 0.1) is 5.41 Å². The summed E-state index contributed by atoms with van der Waals surface area (Å²) in [7, 11) is 0. The highest BCUT2D eigenvalue weighted by atomic mass is 127. The number of hydrogen-bond donors (Lipinski definition) is 2. The van der Waals surface area contributed by atoms with Crippen LogP contribution in [0.5, 0.6) is 0 Å².